The van der Waals surface area contributed by atoms with Gasteiger partial charge >= 0.3 is 0 Å². The maximum atomic E-state index is 14.4. The van der Waals surface area contributed by atoms with Gasteiger partial charge in [0.05, 0.1) is 32.5 Å². The third-order valence-electron chi connectivity index (χ3n) is 6.60. The van der Waals surface area contributed by atoms with Crippen LogP contribution in [0.25, 0.3) is 0 Å². The lowest BCUT2D eigenvalue weighted by Gasteiger charge is -2.40. The summed E-state index contributed by atoms with van der Waals surface area (Å²) >= 11 is 0. The Hall–Kier alpha value is -3.98. The van der Waals surface area contributed by atoms with Gasteiger partial charge in [0, 0.05) is 26.2 Å². The molecule has 8 nitrogen and oxygen atoms in total. The van der Waals surface area contributed by atoms with Gasteiger partial charge in [-0.1, -0.05) is 36.4 Å². The van der Waals surface area contributed by atoms with Gasteiger partial charge in [0.1, 0.15) is 17.3 Å². The van der Waals surface area contributed by atoms with Crippen LogP contribution in [-0.4, -0.2) is 65.5 Å². The highest BCUT2D eigenvalue weighted by atomic mass is 19.1. The third kappa shape index (κ3) is 5.01. The van der Waals surface area contributed by atoms with E-state index in [2.05, 4.69) is 37.5 Å². The smallest absolute Gasteiger partial charge is 0.173 e. The summed E-state index contributed by atoms with van der Waals surface area (Å²) in [5, 5.41) is 12.8. The van der Waals surface area contributed by atoms with Crippen molar-refractivity contribution in [2.45, 2.75) is 12.6 Å². The summed E-state index contributed by atoms with van der Waals surface area (Å²) in [5.74, 6) is 2.16. The van der Waals surface area contributed by atoms with Crippen molar-refractivity contribution in [2.75, 3.05) is 45.3 Å². The number of tetrazole rings is 1. The van der Waals surface area contributed by atoms with E-state index in [0.29, 0.717) is 25.3 Å². The lowest BCUT2D eigenvalue weighted by atomic mass is 10.0. The van der Waals surface area contributed by atoms with E-state index in [0.717, 1.165) is 41.5 Å². The molecule has 1 unspecified atom stereocenters. The van der Waals surface area contributed by atoms with Crippen molar-refractivity contribution < 1.29 is 13.9 Å². The number of ether oxygens (including phenoxy) is 2. The quantitative estimate of drug-likeness (QED) is 0.374. The molecule has 5 rings (SSSR count). The minimum absolute atomic E-state index is 0.160. The van der Waals surface area contributed by atoms with Crippen molar-refractivity contribution in [2.24, 2.45) is 0 Å². The Morgan fingerprint density at radius 2 is 1.47 bits per heavy atom. The molecular formula is C27H29FN6O2. The summed E-state index contributed by atoms with van der Waals surface area (Å²) < 4.78 is 26.9. The monoisotopic (exact) mass is 488 g/mol. The molecule has 1 saturated heterocycles. The van der Waals surface area contributed by atoms with Crippen LogP contribution >= 0.6 is 0 Å². The highest BCUT2D eigenvalue weighted by Gasteiger charge is 2.31. The van der Waals surface area contributed by atoms with Crippen molar-refractivity contribution in [1.29, 1.82) is 0 Å². The predicted octanol–water partition coefficient (Wildman–Crippen LogP) is 3.79. The van der Waals surface area contributed by atoms with E-state index in [4.69, 9.17) is 9.47 Å². The Balaban J connectivity index is 1.42. The van der Waals surface area contributed by atoms with Crippen LogP contribution < -0.4 is 14.4 Å². The average Bonchev–Trinajstić information content (AvgIpc) is 3.38. The summed E-state index contributed by atoms with van der Waals surface area (Å²) in [5.41, 5.74) is 2.78. The van der Waals surface area contributed by atoms with Crippen LogP contribution in [0.4, 0.5) is 10.1 Å². The van der Waals surface area contributed by atoms with E-state index in [-0.39, 0.29) is 11.9 Å². The molecule has 1 aliphatic rings. The summed E-state index contributed by atoms with van der Waals surface area (Å²) in [7, 11) is 3.31. The maximum absolute atomic E-state index is 14.4. The molecule has 36 heavy (non-hydrogen) atoms. The molecule has 0 N–H and O–H groups in total. The SMILES string of the molecule is COc1ccc(Cn2nnnc2C(c2ccc(OC)cc2)N2CCN(c3ccccc3F)CC2)cc1. The van der Waals surface area contributed by atoms with E-state index in [1.807, 2.05) is 53.2 Å². The topological polar surface area (TPSA) is 68.5 Å². The first-order valence-electron chi connectivity index (χ1n) is 11.9. The standard InChI is InChI=1S/C27H29FN6O2/c1-35-22-11-7-20(8-12-22)19-34-27(29-30-31-34)26(21-9-13-23(36-2)14-10-21)33-17-15-32(16-18-33)25-6-4-3-5-24(25)28/h3-14,26H,15-19H2,1-2H3. The molecule has 9 heteroatoms. The van der Waals surface area contributed by atoms with Gasteiger partial charge in [-0.3, -0.25) is 4.90 Å². The van der Waals surface area contributed by atoms with Crippen LogP contribution in [0.3, 0.4) is 0 Å². The van der Waals surface area contributed by atoms with Gasteiger partial charge in [-0.25, -0.2) is 9.07 Å². The molecular weight excluding hydrogens is 459 g/mol. The van der Waals surface area contributed by atoms with Crippen molar-refractivity contribution in [1.82, 2.24) is 25.1 Å². The molecule has 186 valence electrons. The number of hydrogen-bond donors (Lipinski definition) is 0. The fourth-order valence-electron chi connectivity index (χ4n) is 4.66. The van der Waals surface area contributed by atoms with Crippen LogP contribution in [0.15, 0.2) is 72.8 Å². The van der Waals surface area contributed by atoms with E-state index in [9.17, 15) is 4.39 Å². The normalized spacial score (nSPS) is 15.0. The summed E-state index contributed by atoms with van der Waals surface area (Å²) in [6.45, 7) is 3.41. The second-order valence-corrected chi connectivity index (χ2v) is 8.69. The number of benzene rings is 3. The number of nitrogens with zero attached hydrogens (tertiary/aromatic N) is 6. The van der Waals surface area contributed by atoms with E-state index in [1.165, 1.54) is 6.07 Å². The van der Waals surface area contributed by atoms with E-state index < -0.39 is 0 Å². The summed E-state index contributed by atoms with van der Waals surface area (Å²) in [6, 6.07) is 22.7. The van der Waals surface area contributed by atoms with Gasteiger partial charge in [-0.05, 0) is 58.0 Å². The second kappa shape index (κ2) is 10.7. The van der Waals surface area contributed by atoms with Gasteiger partial charge in [-0.15, -0.1) is 5.10 Å². The summed E-state index contributed by atoms with van der Waals surface area (Å²) in [4.78, 5) is 4.45. The Bertz CT molecular complexity index is 1270. The van der Waals surface area contributed by atoms with Crippen molar-refractivity contribution >= 4 is 5.69 Å². The van der Waals surface area contributed by atoms with Gasteiger partial charge in [0.2, 0.25) is 0 Å². The van der Waals surface area contributed by atoms with Gasteiger partial charge < -0.3 is 14.4 Å². The first-order valence-corrected chi connectivity index (χ1v) is 11.9. The molecule has 0 saturated carbocycles. The fourth-order valence-corrected chi connectivity index (χ4v) is 4.66. The third-order valence-corrected chi connectivity index (χ3v) is 6.60. The largest absolute Gasteiger partial charge is 0.497 e. The van der Waals surface area contributed by atoms with Crippen molar-refractivity contribution in [3.63, 3.8) is 0 Å². The number of para-hydroxylation sites is 1. The number of rotatable bonds is 8. The number of methoxy groups -OCH3 is 2. The molecule has 2 heterocycles. The zero-order valence-electron chi connectivity index (χ0n) is 20.4. The van der Waals surface area contributed by atoms with Crippen LogP contribution in [-0.2, 0) is 6.54 Å². The van der Waals surface area contributed by atoms with Gasteiger partial charge in [0.25, 0.3) is 0 Å². The van der Waals surface area contributed by atoms with Gasteiger partial charge in [-0.2, -0.15) is 0 Å². The molecule has 0 radical (unpaired) electrons. The number of anilines is 1. The van der Waals surface area contributed by atoms with Gasteiger partial charge in [0.15, 0.2) is 5.82 Å². The zero-order valence-corrected chi connectivity index (χ0v) is 20.4. The molecule has 0 spiro atoms. The average molecular weight is 489 g/mol. The zero-order chi connectivity index (χ0) is 24.9. The number of aromatic nitrogens is 4. The van der Waals surface area contributed by atoms with E-state index >= 15 is 0 Å². The molecule has 1 fully saturated rings. The van der Waals surface area contributed by atoms with Crippen molar-refractivity contribution in [3.05, 3.63) is 95.6 Å². The first kappa shape index (κ1) is 23.7. The Kier molecular flexibility index (Phi) is 7.08. The molecule has 0 aliphatic carbocycles. The fraction of sp³-hybridized carbons (Fsp3) is 0.296. The predicted molar refractivity (Wildman–Crippen MR) is 135 cm³/mol. The van der Waals surface area contributed by atoms with Crippen LogP contribution in [0, 0.1) is 5.82 Å². The number of piperazine rings is 1. The van der Waals surface area contributed by atoms with Crippen LogP contribution in [0.2, 0.25) is 0 Å². The molecule has 0 bridgehead atoms. The molecule has 3 aromatic carbocycles. The highest BCUT2D eigenvalue weighted by Crippen LogP contribution is 2.31. The molecule has 1 aromatic heterocycles. The molecule has 0 amide bonds. The number of halogens is 1. The van der Waals surface area contributed by atoms with Crippen LogP contribution in [0.1, 0.15) is 23.0 Å². The highest BCUT2D eigenvalue weighted by molar-refractivity contribution is 5.48. The first-order chi connectivity index (χ1) is 17.7. The molecule has 1 atom stereocenters. The molecule has 4 aromatic rings. The minimum Gasteiger partial charge on any atom is -0.497 e. The lowest BCUT2D eigenvalue weighted by Crippen LogP contribution is -2.48. The van der Waals surface area contributed by atoms with Crippen LogP contribution in [0.5, 0.6) is 11.5 Å². The summed E-state index contributed by atoms with van der Waals surface area (Å²) in [6.07, 6.45) is 0. The van der Waals surface area contributed by atoms with E-state index in [1.54, 1.807) is 20.3 Å². The Morgan fingerprint density at radius 1 is 0.833 bits per heavy atom. The minimum atomic E-state index is -0.193. The lowest BCUT2D eigenvalue weighted by molar-refractivity contribution is 0.201. The van der Waals surface area contributed by atoms with Crippen molar-refractivity contribution in [3.8, 4) is 11.5 Å². The second-order valence-electron chi connectivity index (χ2n) is 8.69. The Morgan fingerprint density at radius 3 is 2.11 bits per heavy atom. The Labute approximate surface area is 209 Å². The molecule has 1 aliphatic heterocycles. The number of hydrogen-bond acceptors (Lipinski definition) is 7. The maximum Gasteiger partial charge on any atom is 0.173 e.